The van der Waals surface area contributed by atoms with Crippen LogP contribution in [-0.2, 0) is 20.1 Å². The van der Waals surface area contributed by atoms with E-state index in [1.807, 2.05) is 12.1 Å². The Kier molecular flexibility index (Phi) is 8.93. The first-order valence-electron chi connectivity index (χ1n) is 21.2. The fourth-order valence-electron chi connectivity index (χ4n) is 7.06. The van der Waals surface area contributed by atoms with E-state index in [1.54, 1.807) is 24.3 Å². The molecule has 3 aromatic heterocycles. The van der Waals surface area contributed by atoms with Crippen LogP contribution in [0.25, 0.3) is 72.4 Å². The third kappa shape index (κ3) is 7.31. The van der Waals surface area contributed by atoms with Gasteiger partial charge in [0, 0.05) is 45.6 Å². The van der Waals surface area contributed by atoms with Gasteiger partial charge < -0.3 is 14.0 Å². The molecular formula is C50H43IrN3O-2. The summed E-state index contributed by atoms with van der Waals surface area (Å²) < 4.78 is 53.7. The van der Waals surface area contributed by atoms with Gasteiger partial charge in [0.15, 0.2) is 0 Å². The number of furan rings is 1. The van der Waals surface area contributed by atoms with Gasteiger partial charge in [-0.2, -0.15) is 0 Å². The number of hydrogen-bond donors (Lipinski definition) is 0. The van der Waals surface area contributed by atoms with Gasteiger partial charge in [-0.3, -0.25) is 4.98 Å². The maximum atomic E-state index is 7.50. The molecule has 9 aromatic rings. The van der Waals surface area contributed by atoms with E-state index in [0.29, 0.717) is 23.1 Å². The standard InChI is InChI=1S/C37H31N2O.C13H12N.Ir/c1-23(2)27-14-10-15-28(24(3)4)35(27)39-33-19-9-8-18-32(33)38-37(39)31-17-11-16-30-29-21-20-26(22-34(29)40-36(30)31)25-12-6-5-7-13-25;1-10-8-13(14-9-11(10)2)12-6-4-3-5-7-12;/h5-16,18-24H,1-4H3;3-6,8-9H,1-2H3;/q2*-1;/i;1D3,2D3;. The Morgan fingerprint density at radius 3 is 2.15 bits per heavy atom. The molecule has 0 spiro atoms. The Morgan fingerprint density at radius 1 is 0.673 bits per heavy atom. The van der Waals surface area contributed by atoms with Gasteiger partial charge in [0.05, 0.1) is 22.4 Å². The van der Waals surface area contributed by atoms with Crippen LogP contribution in [0.5, 0.6) is 0 Å². The summed E-state index contributed by atoms with van der Waals surface area (Å²) in [5, 5.41) is 2.17. The topological polar surface area (TPSA) is 43.9 Å². The number of fused-ring (bicyclic) bond motifs is 4. The third-order valence-corrected chi connectivity index (χ3v) is 9.78. The Balaban J connectivity index is 0.000000226. The first kappa shape index (κ1) is 30.7. The van der Waals surface area contributed by atoms with Crippen LogP contribution in [0.4, 0.5) is 0 Å². The molecule has 1 radical (unpaired) electrons. The molecule has 0 N–H and O–H groups in total. The van der Waals surface area contributed by atoms with Crippen LogP contribution in [0.15, 0.2) is 144 Å². The van der Waals surface area contributed by atoms with E-state index in [4.69, 9.17) is 17.6 Å². The Labute approximate surface area is 345 Å². The molecule has 5 heteroatoms. The zero-order valence-electron chi connectivity index (χ0n) is 37.0. The van der Waals surface area contributed by atoms with Crippen molar-refractivity contribution in [3.63, 3.8) is 0 Å². The Bertz CT molecular complexity index is 2940. The number of imidazole rings is 1. The van der Waals surface area contributed by atoms with Gasteiger partial charge in [-0.05, 0) is 77.2 Å². The van der Waals surface area contributed by atoms with Gasteiger partial charge in [0.25, 0.3) is 0 Å². The van der Waals surface area contributed by atoms with Crippen molar-refractivity contribution < 1.29 is 32.7 Å². The number of rotatable bonds is 6. The Hall–Kier alpha value is -5.61. The number of para-hydroxylation sites is 3. The van der Waals surface area contributed by atoms with E-state index in [0.717, 1.165) is 56.1 Å². The van der Waals surface area contributed by atoms with Crippen molar-refractivity contribution in [3.8, 4) is 39.5 Å². The number of aromatic nitrogens is 3. The first-order valence-corrected chi connectivity index (χ1v) is 18.2. The van der Waals surface area contributed by atoms with Gasteiger partial charge in [0.2, 0.25) is 0 Å². The van der Waals surface area contributed by atoms with E-state index < -0.39 is 13.7 Å². The number of aryl methyl sites for hydroxylation is 2. The van der Waals surface area contributed by atoms with Crippen molar-refractivity contribution in [1.82, 2.24) is 14.5 Å². The molecule has 0 atom stereocenters. The van der Waals surface area contributed by atoms with Crippen molar-refractivity contribution in [1.29, 1.82) is 0 Å². The monoisotopic (exact) mass is 900 g/mol. The van der Waals surface area contributed by atoms with Crippen LogP contribution in [0.3, 0.4) is 0 Å². The predicted molar refractivity (Wildman–Crippen MR) is 224 cm³/mol. The molecule has 0 aliphatic rings. The molecule has 0 saturated heterocycles. The summed E-state index contributed by atoms with van der Waals surface area (Å²) in [4.78, 5) is 9.27. The molecule has 0 aliphatic heterocycles. The summed E-state index contributed by atoms with van der Waals surface area (Å²) in [5.41, 5.74) is 11.3. The SMILES string of the molecule is CC(C)c1cccc(C(C)C)c1-n1c(-c2[c-]ccc3c2oc2cc(-c4ccccc4)ccc23)nc2ccccc21.[2H]C([2H])([2H])c1cnc(-c2[c-]cccc2)cc1C([2H])([2H])[2H].[Ir]. The number of hydrogen-bond acceptors (Lipinski definition) is 3. The normalized spacial score (nSPS) is 13.3. The zero-order chi connectivity index (χ0) is 42.3. The second-order valence-electron chi connectivity index (χ2n) is 14.0. The smallest absolute Gasteiger partial charge is 0.121 e. The van der Waals surface area contributed by atoms with Gasteiger partial charge >= 0.3 is 0 Å². The fraction of sp³-hybridized carbons (Fsp3) is 0.160. The molecule has 6 aromatic carbocycles. The number of benzene rings is 6. The molecule has 0 fully saturated rings. The third-order valence-electron chi connectivity index (χ3n) is 9.78. The molecule has 0 saturated carbocycles. The second kappa shape index (κ2) is 16.0. The average molecular weight is 900 g/mol. The minimum absolute atomic E-state index is 0. The second-order valence-corrected chi connectivity index (χ2v) is 14.0. The molecule has 0 aliphatic carbocycles. The predicted octanol–water partition coefficient (Wildman–Crippen LogP) is 13.5. The number of nitrogens with zero attached hydrogens (tertiary/aromatic N) is 3. The largest absolute Gasteiger partial charge is 0.501 e. The summed E-state index contributed by atoms with van der Waals surface area (Å²) in [6.45, 7) is 4.04. The summed E-state index contributed by atoms with van der Waals surface area (Å²) in [7, 11) is 0. The van der Waals surface area contributed by atoms with Crippen LogP contribution in [0.1, 0.15) is 70.0 Å². The van der Waals surface area contributed by atoms with Gasteiger partial charge in [-0.25, -0.2) is 0 Å². The summed E-state index contributed by atoms with van der Waals surface area (Å²) in [6.07, 6.45) is 1.12. The quantitative estimate of drug-likeness (QED) is 0.156. The van der Waals surface area contributed by atoms with E-state index in [-0.39, 0.29) is 31.2 Å². The maximum Gasteiger partial charge on any atom is 0.121 e. The van der Waals surface area contributed by atoms with Crippen LogP contribution < -0.4 is 0 Å². The molecule has 4 nitrogen and oxygen atoms in total. The van der Waals surface area contributed by atoms with Gasteiger partial charge in [-0.1, -0.05) is 123 Å². The first-order chi connectivity index (χ1) is 28.7. The maximum absolute atomic E-state index is 7.50. The summed E-state index contributed by atoms with van der Waals surface area (Å²) in [5.74, 6) is 1.55. The fourth-order valence-corrected chi connectivity index (χ4v) is 7.06. The summed E-state index contributed by atoms with van der Waals surface area (Å²) >= 11 is 0. The van der Waals surface area contributed by atoms with Gasteiger partial charge in [-0.15, -0.1) is 54.1 Å². The van der Waals surface area contributed by atoms with E-state index in [2.05, 4.69) is 140 Å². The molecule has 55 heavy (non-hydrogen) atoms. The van der Waals surface area contributed by atoms with Crippen LogP contribution in [0.2, 0.25) is 0 Å². The van der Waals surface area contributed by atoms with Crippen LogP contribution in [0, 0.1) is 25.8 Å². The molecule has 0 amide bonds. The molecule has 0 unspecified atom stereocenters. The van der Waals surface area contributed by atoms with Crippen molar-refractivity contribution in [3.05, 3.63) is 174 Å². The molecular weight excluding hydrogens is 851 g/mol. The van der Waals surface area contributed by atoms with Gasteiger partial charge in [0.1, 0.15) is 5.58 Å². The minimum atomic E-state index is -2.50. The van der Waals surface area contributed by atoms with Crippen molar-refractivity contribution >= 4 is 33.0 Å². The minimum Gasteiger partial charge on any atom is -0.501 e. The van der Waals surface area contributed by atoms with E-state index in [9.17, 15) is 0 Å². The van der Waals surface area contributed by atoms with Crippen molar-refractivity contribution in [2.45, 2.75) is 53.2 Å². The van der Waals surface area contributed by atoms with E-state index in [1.165, 1.54) is 28.4 Å². The summed E-state index contributed by atoms with van der Waals surface area (Å²) in [6, 6.07) is 50.8. The molecule has 3 heterocycles. The average Bonchev–Trinajstić information content (AvgIpc) is 3.82. The van der Waals surface area contributed by atoms with Crippen LogP contribution >= 0.6 is 0 Å². The molecule has 0 bridgehead atoms. The molecule has 9 rings (SSSR count). The van der Waals surface area contributed by atoms with Crippen molar-refractivity contribution in [2.24, 2.45) is 0 Å². The molecule has 275 valence electrons. The van der Waals surface area contributed by atoms with Crippen molar-refractivity contribution in [2.75, 3.05) is 0 Å². The Morgan fingerprint density at radius 2 is 1.42 bits per heavy atom. The number of pyridine rings is 1. The zero-order valence-corrected chi connectivity index (χ0v) is 33.4. The van der Waals surface area contributed by atoms with Crippen LogP contribution in [-0.4, -0.2) is 14.5 Å². The van der Waals surface area contributed by atoms with E-state index >= 15 is 0 Å².